The zero-order valence-electron chi connectivity index (χ0n) is 13.3. The van der Waals surface area contributed by atoms with Gasteiger partial charge in [-0.05, 0) is 49.1 Å². The summed E-state index contributed by atoms with van der Waals surface area (Å²) in [4.78, 5) is 12.0. The largest absolute Gasteiger partial charge is 0.356 e. The van der Waals surface area contributed by atoms with Crippen LogP contribution in [0.25, 0.3) is 0 Å². The Morgan fingerprint density at radius 1 is 1.29 bits per heavy atom. The second kappa shape index (κ2) is 7.60. The van der Waals surface area contributed by atoms with Gasteiger partial charge in [-0.15, -0.1) is 0 Å². The molecule has 3 heteroatoms. The van der Waals surface area contributed by atoms with Crippen molar-refractivity contribution >= 4 is 5.91 Å². The van der Waals surface area contributed by atoms with E-state index in [0.717, 1.165) is 38.6 Å². The van der Waals surface area contributed by atoms with Crippen LogP contribution < -0.4 is 11.1 Å². The van der Waals surface area contributed by atoms with E-state index in [2.05, 4.69) is 43.4 Å². The van der Waals surface area contributed by atoms with Crippen LogP contribution in [0.5, 0.6) is 0 Å². The average Bonchev–Trinajstić information content (AvgIpc) is 2.90. The molecule has 1 aliphatic rings. The fourth-order valence-electron chi connectivity index (χ4n) is 2.97. The highest BCUT2D eigenvalue weighted by molar-refractivity contribution is 5.78. The Morgan fingerprint density at radius 2 is 2.00 bits per heavy atom. The van der Waals surface area contributed by atoms with E-state index in [1.165, 1.54) is 11.1 Å². The van der Waals surface area contributed by atoms with Gasteiger partial charge in [-0.25, -0.2) is 0 Å². The summed E-state index contributed by atoms with van der Waals surface area (Å²) in [6, 6.07) is 9.04. The summed E-state index contributed by atoms with van der Waals surface area (Å²) in [5.41, 5.74) is 8.57. The quantitative estimate of drug-likeness (QED) is 0.791. The normalized spacial score (nSPS) is 21.7. The number of carbonyl (C=O) groups excluding carboxylic acids is 1. The molecule has 0 aliphatic heterocycles. The second-order valence-electron chi connectivity index (χ2n) is 6.56. The fraction of sp³-hybridized carbons (Fsp3) is 0.611. The molecule has 2 atom stereocenters. The maximum absolute atomic E-state index is 12.0. The van der Waals surface area contributed by atoms with Crippen molar-refractivity contribution in [2.24, 2.45) is 11.7 Å². The maximum atomic E-state index is 12.0. The Kier molecular flexibility index (Phi) is 5.80. The van der Waals surface area contributed by atoms with Crippen molar-refractivity contribution in [1.29, 1.82) is 0 Å². The summed E-state index contributed by atoms with van der Waals surface area (Å²) in [5, 5.41) is 3.05. The van der Waals surface area contributed by atoms with E-state index in [1.807, 2.05) is 0 Å². The van der Waals surface area contributed by atoms with Gasteiger partial charge < -0.3 is 11.1 Å². The van der Waals surface area contributed by atoms with Crippen LogP contribution in [0.2, 0.25) is 0 Å². The number of hydrogen-bond acceptors (Lipinski definition) is 2. The molecular weight excluding hydrogens is 260 g/mol. The molecule has 1 aromatic rings. The van der Waals surface area contributed by atoms with E-state index in [-0.39, 0.29) is 17.9 Å². The minimum atomic E-state index is 0.144. The van der Waals surface area contributed by atoms with Gasteiger partial charge in [-0.2, -0.15) is 0 Å². The van der Waals surface area contributed by atoms with E-state index >= 15 is 0 Å². The number of rotatable bonds is 6. The number of carbonyl (C=O) groups is 1. The van der Waals surface area contributed by atoms with Gasteiger partial charge in [-0.3, -0.25) is 4.79 Å². The molecule has 0 radical (unpaired) electrons. The van der Waals surface area contributed by atoms with Crippen LogP contribution in [-0.2, 0) is 11.2 Å². The summed E-state index contributed by atoms with van der Waals surface area (Å²) in [5.74, 6) is 0.916. The molecule has 2 rings (SSSR count). The van der Waals surface area contributed by atoms with Crippen molar-refractivity contribution < 1.29 is 4.79 Å². The highest BCUT2D eigenvalue weighted by atomic mass is 16.1. The number of hydrogen-bond donors (Lipinski definition) is 2. The van der Waals surface area contributed by atoms with Crippen LogP contribution in [0.3, 0.4) is 0 Å². The minimum Gasteiger partial charge on any atom is -0.356 e. The molecule has 1 aromatic carbocycles. The van der Waals surface area contributed by atoms with Crippen LogP contribution in [-0.4, -0.2) is 18.5 Å². The molecule has 0 spiro atoms. The van der Waals surface area contributed by atoms with Gasteiger partial charge in [0.15, 0.2) is 0 Å². The summed E-state index contributed by atoms with van der Waals surface area (Å²) < 4.78 is 0. The first kappa shape index (κ1) is 16.0. The van der Waals surface area contributed by atoms with E-state index < -0.39 is 0 Å². The van der Waals surface area contributed by atoms with Crippen molar-refractivity contribution in [2.45, 2.75) is 57.9 Å². The predicted octanol–water partition coefficient (Wildman–Crippen LogP) is 2.99. The standard InChI is InChI=1S/C18H28N2O/c1-13(2)15-7-5-14(6-8-15)4-3-11-20-18(21)16-9-10-17(19)12-16/h5-8,13,16-17H,3-4,9-12,19H2,1-2H3,(H,20,21). The first-order valence-electron chi connectivity index (χ1n) is 8.18. The molecular formula is C18H28N2O. The molecule has 2 unspecified atom stereocenters. The smallest absolute Gasteiger partial charge is 0.223 e. The summed E-state index contributed by atoms with van der Waals surface area (Å²) in [7, 11) is 0. The first-order chi connectivity index (χ1) is 10.1. The number of aryl methyl sites for hydroxylation is 1. The number of nitrogens with two attached hydrogens (primary N) is 1. The molecule has 1 amide bonds. The third-order valence-electron chi connectivity index (χ3n) is 4.43. The van der Waals surface area contributed by atoms with Gasteiger partial charge in [0, 0.05) is 18.5 Å². The molecule has 0 heterocycles. The van der Waals surface area contributed by atoms with Crippen LogP contribution >= 0.6 is 0 Å². The Labute approximate surface area is 128 Å². The third kappa shape index (κ3) is 4.85. The van der Waals surface area contributed by atoms with Crippen LogP contribution in [0.15, 0.2) is 24.3 Å². The van der Waals surface area contributed by atoms with Crippen molar-refractivity contribution in [1.82, 2.24) is 5.32 Å². The molecule has 1 aliphatic carbocycles. The summed E-state index contributed by atoms with van der Waals surface area (Å²) >= 11 is 0. The van der Waals surface area contributed by atoms with Gasteiger partial charge in [0.05, 0.1) is 0 Å². The lowest BCUT2D eigenvalue weighted by Crippen LogP contribution is -2.31. The zero-order valence-corrected chi connectivity index (χ0v) is 13.3. The lowest BCUT2D eigenvalue weighted by Gasteiger charge is -2.11. The third-order valence-corrected chi connectivity index (χ3v) is 4.43. The Balaban J connectivity index is 1.66. The molecule has 1 saturated carbocycles. The fourth-order valence-corrected chi connectivity index (χ4v) is 2.97. The number of amides is 1. The van der Waals surface area contributed by atoms with Gasteiger partial charge in [0.25, 0.3) is 0 Å². The van der Waals surface area contributed by atoms with Gasteiger partial charge >= 0.3 is 0 Å². The molecule has 21 heavy (non-hydrogen) atoms. The van der Waals surface area contributed by atoms with Crippen LogP contribution in [0, 0.1) is 5.92 Å². The second-order valence-corrected chi connectivity index (χ2v) is 6.56. The maximum Gasteiger partial charge on any atom is 0.223 e. The first-order valence-corrected chi connectivity index (χ1v) is 8.18. The highest BCUT2D eigenvalue weighted by Gasteiger charge is 2.27. The Bertz CT molecular complexity index is 453. The SMILES string of the molecule is CC(C)c1ccc(CCCNC(=O)C2CCC(N)C2)cc1. The van der Waals surface area contributed by atoms with E-state index in [0.29, 0.717) is 5.92 Å². The van der Waals surface area contributed by atoms with Crippen molar-refractivity contribution in [3.8, 4) is 0 Å². The molecule has 0 aromatic heterocycles. The van der Waals surface area contributed by atoms with Crippen molar-refractivity contribution in [3.63, 3.8) is 0 Å². The van der Waals surface area contributed by atoms with Crippen LogP contribution in [0.4, 0.5) is 0 Å². The molecule has 1 fully saturated rings. The van der Waals surface area contributed by atoms with E-state index in [9.17, 15) is 4.79 Å². The highest BCUT2D eigenvalue weighted by Crippen LogP contribution is 2.24. The average molecular weight is 288 g/mol. The Morgan fingerprint density at radius 3 is 2.57 bits per heavy atom. The summed E-state index contributed by atoms with van der Waals surface area (Å²) in [6.45, 7) is 5.18. The molecule has 0 saturated heterocycles. The molecule has 116 valence electrons. The van der Waals surface area contributed by atoms with Crippen molar-refractivity contribution in [3.05, 3.63) is 35.4 Å². The minimum absolute atomic E-state index is 0.144. The van der Waals surface area contributed by atoms with E-state index in [4.69, 9.17) is 5.73 Å². The molecule has 3 N–H and O–H groups in total. The monoisotopic (exact) mass is 288 g/mol. The zero-order chi connectivity index (χ0) is 15.2. The lowest BCUT2D eigenvalue weighted by atomic mass is 10.0. The number of nitrogens with one attached hydrogen (secondary N) is 1. The van der Waals surface area contributed by atoms with Gasteiger partial charge in [0.1, 0.15) is 0 Å². The summed E-state index contributed by atoms with van der Waals surface area (Å²) in [6.07, 6.45) is 4.79. The van der Waals surface area contributed by atoms with Gasteiger partial charge in [0.2, 0.25) is 5.91 Å². The predicted molar refractivity (Wildman–Crippen MR) is 87.2 cm³/mol. The van der Waals surface area contributed by atoms with E-state index in [1.54, 1.807) is 0 Å². The molecule has 3 nitrogen and oxygen atoms in total. The number of benzene rings is 1. The lowest BCUT2D eigenvalue weighted by molar-refractivity contribution is -0.124. The van der Waals surface area contributed by atoms with Gasteiger partial charge in [-0.1, -0.05) is 38.1 Å². The van der Waals surface area contributed by atoms with Crippen LogP contribution in [0.1, 0.15) is 56.6 Å². The topological polar surface area (TPSA) is 55.1 Å². The van der Waals surface area contributed by atoms with Crippen molar-refractivity contribution in [2.75, 3.05) is 6.54 Å². The molecule has 0 bridgehead atoms. The Hall–Kier alpha value is -1.35.